The maximum atomic E-state index is 14.5. The van der Waals surface area contributed by atoms with Gasteiger partial charge in [-0.1, -0.05) is 81.4 Å². The van der Waals surface area contributed by atoms with E-state index in [0.717, 1.165) is 19.1 Å². The Morgan fingerprint density at radius 3 is 2.23 bits per heavy atom. The number of aromatic amines is 1. The standard InChI is InChI=1S/C40H44N6O6S/c1-23-20-24(2)36(25(3)21-23)52-40(49)34-32(27-14-9-7-10-15-27)29(42-37(34)44-39(48)26(4)45-53(6,50)51)22-30-33(28-16-11-8-12-17-28)35(41-5)38(43-30)46-19-13-18-31(46)47/h7-12,14-17,22-26,36,42,45H,13,18-21H2,1-4,6H3,(H,44,48). The first kappa shape index (κ1) is 37.4. The van der Waals surface area contributed by atoms with Crippen molar-refractivity contribution in [1.82, 2.24) is 14.6 Å². The number of ether oxygens (including phenoxy) is 1. The highest BCUT2D eigenvalue weighted by atomic mass is 32.2. The van der Waals surface area contributed by atoms with Crippen molar-refractivity contribution in [3.63, 3.8) is 0 Å². The Hall–Kier alpha value is -5.32. The lowest BCUT2D eigenvalue weighted by atomic mass is 9.75. The summed E-state index contributed by atoms with van der Waals surface area (Å²) < 4.78 is 32.6. The number of hydrogen-bond donors (Lipinski definition) is 3. The molecular formula is C40H44N6O6S. The number of esters is 1. The first-order valence-corrected chi connectivity index (χ1v) is 19.7. The number of allylic oxidation sites excluding steroid dienone is 1. The molecule has 3 aliphatic rings. The highest BCUT2D eigenvalue weighted by molar-refractivity contribution is 7.88. The molecule has 3 N–H and O–H groups in total. The molecule has 0 bridgehead atoms. The van der Waals surface area contributed by atoms with E-state index in [4.69, 9.17) is 16.3 Å². The number of carbonyl (C=O) groups excluding carboxylic acids is 3. The topological polar surface area (TPSA) is 154 Å². The van der Waals surface area contributed by atoms with Crippen molar-refractivity contribution in [3.05, 3.63) is 100 Å². The largest absolute Gasteiger partial charge is 0.458 e. The Balaban J connectivity index is 1.56. The molecule has 3 atom stereocenters. The van der Waals surface area contributed by atoms with E-state index >= 15 is 0 Å². The Bertz CT molecular complexity index is 2150. The van der Waals surface area contributed by atoms with Crippen molar-refractivity contribution in [2.75, 3.05) is 18.1 Å². The van der Waals surface area contributed by atoms with Gasteiger partial charge in [-0.3, -0.25) is 9.59 Å². The molecule has 1 aliphatic carbocycles. The molecule has 2 fully saturated rings. The van der Waals surface area contributed by atoms with E-state index in [9.17, 15) is 22.8 Å². The van der Waals surface area contributed by atoms with E-state index in [0.29, 0.717) is 59.0 Å². The predicted octanol–water partition coefficient (Wildman–Crippen LogP) is 6.49. The summed E-state index contributed by atoms with van der Waals surface area (Å²) in [6.07, 6.45) is 5.10. The molecule has 1 aromatic heterocycles. The Kier molecular flexibility index (Phi) is 10.8. The second-order valence-electron chi connectivity index (χ2n) is 14.3. The molecule has 0 radical (unpaired) electrons. The number of amides is 2. The van der Waals surface area contributed by atoms with Crippen LogP contribution in [0.5, 0.6) is 0 Å². The maximum Gasteiger partial charge on any atom is 0.342 e. The molecule has 3 aromatic rings. The third kappa shape index (κ3) is 8.04. The SMILES string of the molecule is [C-]#[N+]C1=C(c2ccccc2)C(=Cc2[nH]c(NC(=O)C(C)NS(C)(=O)=O)c(C(=O)OC3C(C)CC(C)CC3C)c2-c2ccccc2)N=C1N1CCCC1=O. The Labute approximate surface area is 310 Å². The van der Waals surface area contributed by atoms with Crippen molar-refractivity contribution in [3.8, 4) is 11.1 Å². The van der Waals surface area contributed by atoms with Crippen molar-refractivity contribution in [2.45, 2.75) is 65.5 Å². The smallest absolute Gasteiger partial charge is 0.342 e. The van der Waals surface area contributed by atoms with E-state index in [-0.39, 0.29) is 46.8 Å². The van der Waals surface area contributed by atoms with E-state index in [1.54, 1.807) is 11.0 Å². The number of aliphatic imine (C=N–C) groups is 1. The molecule has 3 heterocycles. The number of likely N-dealkylation sites (tertiary alicyclic amines) is 1. The minimum Gasteiger partial charge on any atom is -0.458 e. The molecule has 1 saturated heterocycles. The number of hydrogen-bond acceptors (Lipinski definition) is 7. The fraction of sp³-hybridized carbons (Fsp3) is 0.375. The molecule has 0 spiro atoms. The lowest BCUT2D eigenvalue weighted by molar-refractivity contribution is -0.124. The zero-order valence-corrected chi connectivity index (χ0v) is 31.3. The minimum absolute atomic E-state index is 0.0184. The van der Waals surface area contributed by atoms with Crippen LogP contribution in [0.2, 0.25) is 0 Å². The van der Waals surface area contributed by atoms with Crippen LogP contribution in [0.15, 0.2) is 77.1 Å². The number of nitrogens with zero attached hydrogens (tertiary/aromatic N) is 3. The van der Waals surface area contributed by atoms with Gasteiger partial charge in [-0.2, -0.15) is 0 Å². The lowest BCUT2D eigenvalue weighted by Gasteiger charge is -2.37. The monoisotopic (exact) mass is 736 g/mol. The van der Waals surface area contributed by atoms with Crippen LogP contribution in [0.1, 0.15) is 75.0 Å². The second kappa shape index (κ2) is 15.3. The van der Waals surface area contributed by atoms with Gasteiger partial charge in [0.15, 0.2) is 0 Å². The molecule has 2 aromatic carbocycles. The van der Waals surface area contributed by atoms with Crippen molar-refractivity contribution < 1.29 is 27.5 Å². The zero-order valence-electron chi connectivity index (χ0n) is 30.5. The molecule has 53 heavy (non-hydrogen) atoms. The van der Waals surface area contributed by atoms with Crippen molar-refractivity contribution in [1.29, 1.82) is 0 Å². The fourth-order valence-corrected chi connectivity index (χ4v) is 8.55. The van der Waals surface area contributed by atoms with Crippen LogP contribution in [0.25, 0.3) is 27.6 Å². The highest BCUT2D eigenvalue weighted by Gasteiger charge is 2.38. The van der Waals surface area contributed by atoms with Crippen LogP contribution in [0.3, 0.4) is 0 Å². The molecule has 3 unspecified atom stereocenters. The number of rotatable bonds is 9. The van der Waals surface area contributed by atoms with Gasteiger partial charge >= 0.3 is 5.97 Å². The van der Waals surface area contributed by atoms with Gasteiger partial charge in [0.25, 0.3) is 0 Å². The number of anilines is 1. The highest BCUT2D eigenvalue weighted by Crippen LogP contribution is 2.42. The zero-order chi connectivity index (χ0) is 38.0. The molecule has 1 saturated carbocycles. The number of benzene rings is 2. The third-order valence-corrected chi connectivity index (χ3v) is 10.7. The first-order chi connectivity index (χ1) is 25.3. The average Bonchev–Trinajstić information content (AvgIpc) is 3.80. The van der Waals surface area contributed by atoms with Crippen LogP contribution in [0.4, 0.5) is 5.82 Å². The number of H-pyrrole nitrogens is 1. The maximum absolute atomic E-state index is 14.5. The van der Waals surface area contributed by atoms with Gasteiger partial charge in [0.05, 0.1) is 30.3 Å². The van der Waals surface area contributed by atoms with E-state index < -0.39 is 27.9 Å². The van der Waals surface area contributed by atoms with Crippen LogP contribution in [-0.2, 0) is 24.3 Å². The van der Waals surface area contributed by atoms with E-state index in [1.807, 2.05) is 60.7 Å². The number of sulfonamides is 1. The molecule has 6 rings (SSSR count). The van der Waals surface area contributed by atoms with Crippen molar-refractivity contribution >= 4 is 51.1 Å². The molecule has 2 aliphatic heterocycles. The summed E-state index contributed by atoms with van der Waals surface area (Å²) in [5.74, 6) is -0.503. The van der Waals surface area contributed by atoms with Crippen LogP contribution in [0, 0.1) is 24.3 Å². The number of carbonyl (C=O) groups is 3. The minimum atomic E-state index is -3.74. The fourth-order valence-electron chi connectivity index (χ4n) is 7.80. The van der Waals surface area contributed by atoms with E-state index in [2.05, 4.69) is 40.6 Å². The molecule has 276 valence electrons. The summed E-state index contributed by atoms with van der Waals surface area (Å²) in [6, 6.07) is 17.3. The predicted molar refractivity (Wildman–Crippen MR) is 205 cm³/mol. The molecule has 12 nitrogen and oxygen atoms in total. The summed E-state index contributed by atoms with van der Waals surface area (Å²) in [4.78, 5) is 54.5. The number of amidine groups is 1. The van der Waals surface area contributed by atoms with E-state index in [1.165, 1.54) is 6.92 Å². The van der Waals surface area contributed by atoms with Crippen LogP contribution >= 0.6 is 0 Å². The Morgan fingerprint density at radius 1 is 1.04 bits per heavy atom. The molecule has 2 amide bonds. The van der Waals surface area contributed by atoms with Crippen LogP contribution in [-0.4, -0.2) is 66.9 Å². The van der Waals surface area contributed by atoms with Gasteiger partial charge in [0, 0.05) is 24.1 Å². The molecular weight excluding hydrogens is 693 g/mol. The van der Waals surface area contributed by atoms with Crippen LogP contribution < -0.4 is 10.0 Å². The van der Waals surface area contributed by atoms with Gasteiger partial charge < -0.3 is 19.9 Å². The lowest BCUT2D eigenvalue weighted by Crippen LogP contribution is -2.41. The van der Waals surface area contributed by atoms with Gasteiger partial charge in [0.1, 0.15) is 23.3 Å². The summed E-state index contributed by atoms with van der Waals surface area (Å²) in [5, 5.41) is 2.76. The van der Waals surface area contributed by atoms with Gasteiger partial charge in [-0.15, -0.1) is 0 Å². The normalized spacial score (nSPS) is 23.2. The Morgan fingerprint density at radius 2 is 1.66 bits per heavy atom. The number of nitrogens with one attached hydrogen (secondary N) is 3. The summed E-state index contributed by atoms with van der Waals surface area (Å²) in [5.41, 5.74) is 3.34. The quantitative estimate of drug-likeness (QED) is 0.169. The summed E-state index contributed by atoms with van der Waals surface area (Å²) in [6.45, 7) is 16.4. The first-order valence-electron chi connectivity index (χ1n) is 17.8. The molecule has 13 heteroatoms. The van der Waals surface area contributed by atoms with Gasteiger partial charge in [0.2, 0.25) is 27.5 Å². The van der Waals surface area contributed by atoms with Gasteiger partial charge in [-0.25, -0.2) is 27.8 Å². The summed E-state index contributed by atoms with van der Waals surface area (Å²) in [7, 11) is -3.74. The van der Waals surface area contributed by atoms with Gasteiger partial charge in [-0.05, 0) is 61.1 Å². The average molecular weight is 737 g/mol. The van der Waals surface area contributed by atoms with Crippen molar-refractivity contribution in [2.24, 2.45) is 22.7 Å². The second-order valence-corrected chi connectivity index (χ2v) is 16.1. The summed E-state index contributed by atoms with van der Waals surface area (Å²) >= 11 is 0. The number of aromatic nitrogens is 1. The third-order valence-electron chi connectivity index (χ3n) is 9.96.